The molecule has 1 saturated heterocycles. The SMILES string of the molecule is CN1CCN(CCn2c(-c3n[nH]c4ccc(C(=O)NCCCN)cc34)nc3ccc(F)cc32)CC1. The Hall–Kier alpha value is -3.34. The van der Waals surface area contributed by atoms with Crippen molar-refractivity contribution in [2.45, 2.75) is 13.0 Å². The third-order valence-electron chi connectivity index (χ3n) is 6.65. The number of aromatic amines is 1. The van der Waals surface area contributed by atoms with Crippen molar-refractivity contribution in [3.8, 4) is 11.5 Å². The maximum absolute atomic E-state index is 14.2. The first kappa shape index (κ1) is 23.4. The average molecular weight is 479 g/mol. The summed E-state index contributed by atoms with van der Waals surface area (Å²) < 4.78 is 16.2. The molecule has 0 atom stereocenters. The Labute approximate surface area is 203 Å². The highest BCUT2D eigenvalue weighted by Crippen LogP contribution is 2.30. The molecule has 1 fully saturated rings. The number of benzene rings is 2. The van der Waals surface area contributed by atoms with Crippen LogP contribution in [0.3, 0.4) is 0 Å². The van der Waals surface area contributed by atoms with Crippen LogP contribution in [0.4, 0.5) is 4.39 Å². The van der Waals surface area contributed by atoms with E-state index in [2.05, 4.69) is 32.4 Å². The maximum atomic E-state index is 14.2. The van der Waals surface area contributed by atoms with Crippen LogP contribution in [-0.4, -0.2) is 88.3 Å². The van der Waals surface area contributed by atoms with Crippen molar-refractivity contribution >= 4 is 27.8 Å². The minimum absolute atomic E-state index is 0.154. The molecule has 4 aromatic rings. The summed E-state index contributed by atoms with van der Waals surface area (Å²) in [6.45, 7) is 6.61. The van der Waals surface area contributed by atoms with Gasteiger partial charge in [-0.15, -0.1) is 0 Å². The fourth-order valence-corrected chi connectivity index (χ4v) is 4.55. The molecule has 2 aromatic heterocycles. The molecule has 0 bridgehead atoms. The third kappa shape index (κ3) is 4.90. The summed E-state index contributed by atoms with van der Waals surface area (Å²) in [7, 11) is 2.14. The van der Waals surface area contributed by atoms with E-state index in [1.54, 1.807) is 12.1 Å². The van der Waals surface area contributed by atoms with Gasteiger partial charge in [0.2, 0.25) is 0 Å². The number of likely N-dealkylation sites (N-methyl/N-ethyl adjacent to an activating group) is 1. The van der Waals surface area contributed by atoms with Crippen molar-refractivity contribution in [3.05, 3.63) is 47.8 Å². The van der Waals surface area contributed by atoms with Crippen molar-refractivity contribution in [2.75, 3.05) is 52.9 Å². The molecule has 0 saturated carbocycles. The summed E-state index contributed by atoms with van der Waals surface area (Å²) in [5, 5.41) is 11.3. The van der Waals surface area contributed by atoms with Crippen molar-refractivity contribution < 1.29 is 9.18 Å². The topological polar surface area (TPSA) is 108 Å². The number of nitrogens with two attached hydrogens (primary N) is 1. The number of carbonyl (C=O) groups is 1. The number of imidazole rings is 1. The van der Waals surface area contributed by atoms with Gasteiger partial charge in [-0.25, -0.2) is 9.37 Å². The molecular weight excluding hydrogens is 447 g/mol. The van der Waals surface area contributed by atoms with E-state index in [1.165, 1.54) is 12.1 Å². The number of amides is 1. The van der Waals surface area contributed by atoms with Crippen molar-refractivity contribution in [2.24, 2.45) is 5.73 Å². The lowest BCUT2D eigenvalue weighted by atomic mass is 10.1. The molecule has 1 aliphatic heterocycles. The number of nitrogens with zero attached hydrogens (tertiary/aromatic N) is 5. The first-order chi connectivity index (χ1) is 17.0. The van der Waals surface area contributed by atoms with E-state index in [9.17, 15) is 9.18 Å². The highest BCUT2D eigenvalue weighted by atomic mass is 19.1. The van der Waals surface area contributed by atoms with Gasteiger partial charge in [0.05, 0.1) is 16.6 Å². The summed E-state index contributed by atoms with van der Waals surface area (Å²) in [5.74, 6) is 0.206. The number of carbonyl (C=O) groups excluding carboxylic acids is 1. The summed E-state index contributed by atoms with van der Waals surface area (Å²) in [5.41, 5.74) is 8.98. The normalized spacial score (nSPS) is 15.3. The van der Waals surface area contributed by atoms with Crippen LogP contribution < -0.4 is 11.1 Å². The molecule has 35 heavy (non-hydrogen) atoms. The van der Waals surface area contributed by atoms with Crippen LogP contribution in [0.1, 0.15) is 16.8 Å². The summed E-state index contributed by atoms with van der Waals surface area (Å²) in [4.78, 5) is 22.2. The molecule has 1 amide bonds. The lowest BCUT2D eigenvalue weighted by molar-refractivity contribution is 0.0953. The zero-order chi connectivity index (χ0) is 24.4. The highest BCUT2D eigenvalue weighted by molar-refractivity contribution is 6.01. The highest BCUT2D eigenvalue weighted by Gasteiger charge is 2.21. The van der Waals surface area contributed by atoms with Gasteiger partial charge in [0, 0.05) is 56.8 Å². The van der Waals surface area contributed by atoms with Crippen LogP contribution in [0.5, 0.6) is 0 Å². The van der Waals surface area contributed by atoms with Gasteiger partial charge in [0.1, 0.15) is 11.5 Å². The standard InChI is InChI=1S/C25H31FN8O/c1-32-9-11-33(12-10-32)13-14-34-22-16-18(26)4-6-21(22)29-24(34)23-19-15-17(3-5-20(19)30-31-23)25(35)28-8-2-7-27/h3-6,15-16H,2,7-14,27H2,1H3,(H,28,35)(H,30,31). The van der Waals surface area contributed by atoms with Gasteiger partial charge < -0.3 is 20.5 Å². The van der Waals surface area contributed by atoms with Gasteiger partial charge in [0.15, 0.2) is 5.82 Å². The predicted octanol–water partition coefficient (Wildman–Crippen LogP) is 2.04. The molecule has 184 valence electrons. The van der Waals surface area contributed by atoms with Crippen LogP contribution in [0, 0.1) is 5.82 Å². The van der Waals surface area contributed by atoms with E-state index in [0.717, 1.165) is 55.6 Å². The maximum Gasteiger partial charge on any atom is 0.251 e. The second-order valence-corrected chi connectivity index (χ2v) is 9.10. The van der Waals surface area contributed by atoms with Crippen LogP contribution >= 0.6 is 0 Å². The smallest absolute Gasteiger partial charge is 0.251 e. The third-order valence-corrected chi connectivity index (χ3v) is 6.65. The largest absolute Gasteiger partial charge is 0.352 e. The molecule has 0 radical (unpaired) electrons. The van der Waals surface area contributed by atoms with E-state index in [1.807, 2.05) is 16.7 Å². The molecule has 0 spiro atoms. The molecule has 2 aromatic carbocycles. The molecule has 1 aliphatic rings. The molecule has 0 unspecified atom stereocenters. The van der Waals surface area contributed by atoms with Gasteiger partial charge >= 0.3 is 0 Å². The minimum Gasteiger partial charge on any atom is -0.352 e. The lowest BCUT2D eigenvalue weighted by Crippen LogP contribution is -2.45. The van der Waals surface area contributed by atoms with Crippen molar-refractivity contribution in [1.82, 2.24) is 34.9 Å². The number of halogens is 1. The fourth-order valence-electron chi connectivity index (χ4n) is 4.55. The Kier molecular flexibility index (Phi) is 6.76. The molecule has 0 aliphatic carbocycles. The quantitative estimate of drug-likeness (QED) is 0.335. The first-order valence-corrected chi connectivity index (χ1v) is 12.1. The zero-order valence-electron chi connectivity index (χ0n) is 19.9. The van der Waals surface area contributed by atoms with E-state index in [4.69, 9.17) is 10.7 Å². The minimum atomic E-state index is -0.298. The van der Waals surface area contributed by atoms with Gasteiger partial charge in [0.25, 0.3) is 5.91 Å². The van der Waals surface area contributed by atoms with Gasteiger partial charge in [-0.1, -0.05) is 0 Å². The average Bonchev–Trinajstić information content (AvgIpc) is 3.44. The number of fused-ring (bicyclic) bond motifs is 2. The number of hydrogen-bond donors (Lipinski definition) is 3. The second kappa shape index (κ2) is 10.1. The summed E-state index contributed by atoms with van der Waals surface area (Å²) >= 11 is 0. The van der Waals surface area contributed by atoms with Gasteiger partial charge in [-0.3, -0.25) is 14.8 Å². The molecular formula is C25H31FN8O. The monoisotopic (exact) mass is 478 g/mol. The predicted molar refractivity (Wildman–Crippen MR) is 135 cm³/mol. The number of aromatic nitrogens is 4. The first-order valence-electron chi connectivity index (χ1n) is 12.1. The Balaban J connectivity index is 1.51. The fraction of sp³-hybridized carbons (Fsp3) is 0.400. The number of rotatable bonds is 8. The molecule has 9 nitrogen and oxygen atoms in total. The number of piperazine rings is 1. The van der Waals surface area contributed by atoms with Gasteiger partial charge in [-0.05, 0) is 56.4 Å². The van der Waals surface area contributed by atoms with E-state index < -0.39 is 0 Å². The second-order valence-electron chi connectivity index (χ2n) is 9.10. The molecule has 4 N–H and O–H groups in total. The van der Waals surface area contributed by atoms with Crippen LogP contribution in [0.2, 0.25) is 0 Å². The Morgan fingerprint density at radius 3 is 2.77 bits per heavy atom. The summed E-state index contributed by atoms with van der Waals surface area (Å²) in [6.07, 6.45) is 0.721. The van der Waals surface area contributed by atoms with Crippen LogP contribution in [0.15, 0.2) is 36.4 Å². The van der Waals surface area contributed by atoms with Crippen LogP contribution in [-0.2, 0) is 6.54 Å². The van der Waals surface area contributed by atoms with Crippen LogP contribution in [0.25, 0.3) is 33.5 Å². The molecule has 10 heteroatoms. The Morgan fingerprint density at radius 2 is 1.97 bits per heavy atom. The van der Waals surface area contributed by atoms with Crippen molar-refractivity contribution in [3.63, 3.8) is 0 Å². The van der Waals surface area contributed by atoms with E-state index in [-0.39, 0.29) is 11.7 Å². The number of hydrogen-bond acceptors (Lipinski definition) is 6. The summed E-state index contributed by atoms with van der Waals surface area (Å²) in [6, 6.07) is 10.1. The number of nitrogens with one attached hydrogen (secondary N) is 2. The van der Waals surface area contributed by atoms with E-state index in [0.29, 0.717) is 42.2 Å². The lowest BCUT2D eigenvalue weighted by Gasteiger charge is -2.32. The Bertz CT molecular complexity index is 1340. The number of H-pyrrole nitrogens is 1. The Morgan fingerprint density at radius 1 is 1.14 bits per heavy atom. The molecule has 5 rings (SSSR count). The zero-order valence-corrected chi connectivity index (χ0v) is 19.9. The van der Waals surface area contributed by atoms with E-state index >= 15 is 0 Å². The van der Waals surface area contributed by atoms with Gasteiger partial charge in [-0.2, -0.15) is 5.10 Å². The van der Waals surface area contributed by atoms with Crippen molar-refractivity contribution in [1.29, 1.82) is 0 Å². The molecule has 3 heterocycles.